The fraction of sp³-hybridized carbons (Fsp3) is 0.208. The van der Waals surface area contributed by atoms with E-state index in [2.05, 4.69) is 52.9 Å². The fourth-order valence-electron chi connectivity index (χ4n) is 4.00. The zero-order valence-electron chi connectivity index (χ0n) is 16.3. The molecule has 0 unspecified atom stereocenters. The van der Waals surface area contributed by atoms with Gasteiger partial charge in [-0.1, -0.05) is 48.5 Å². The van der Waals surface area contributed by atoms with Crippen LogP contribution in [0.5, 0.6) is 17.2 Å². The van der Waals surface area contributed by atoms with E-state index in [0.29, 0.717) is 0 Å². The highest BCUT2D eigenvalue weighted by atomic mass is 16.4. The number of aliphatic hydroxyl groups excluding tert-OH is 1. The Morgan fingerprint density at radius 3 is 2.30 bits per heavy atom. The highest BCUT2D eigenvalue weighted by molar-refractivity contribution is 6.08. The van der Waals surface area contributed by atoms with Gasteiger partial charge in [-0.25, -0.2) is 4.79 Å². The summed E-state index contributed by atoms with van der Waals surface area (Å²) in [6.45, 7) is -0.741. The lowest BCUT2D eigenvalue weighted by Crippen LogP contribution is -2.02. The van der Waals surface area contributed by atoms with Gasteiger partial charge in [0.05, 0.1) is 0 Å². The van der Waals surface area contributed by atoms with Crippen LogP contribution < -0.4 is 5.63 Å². The Kier molecular flexibility index (Phi) is 5.33. The molecule has 1 aromatic heterocycles. The van der Waals surface area contributed by atoms with Crippen molar-refractivity contribution in [3.63, 3.8) is 0 Å². The Labute approximate surface area is 172 Å². The third kappa shape index (κ3) is 3.46. The molecular formula is C24H22O6. The van der Waals surface area contributed by atoms with Gasteiger partial charge in [0.25, 0.3) is 0 Å². The van der Waals surface area contributed by atoms with E-state index in [-0.39, 0.29) is 0 Å². The minimum atomic E-state index is -1.21. The molecule has 30 heavy (non-hydrogen) atoms. The van der Waals surface area contributed by atoms with Crippen LogP contribution in [0.2, 0.25) is 0 Å². The van der Waals surface area contributed by atoms with Gasteiger partial charge in [0.1, 0.15) is 6.61 Å². The molecule has 0 spiro atoms. The molecule has 0 fully saturated rings. The van der Waals surface area contributed by atoms with Crippen molar-refractivity contribution in [2.45, 2.75) is 32.3 Å². The second-order valence-electron chi connectivity index (χ2n) is 7.31. The molecule has 1 aliphatic carbocycles. The highest BCUT2D eigenvalue weighted by Crippen LogP contribution is 2.34. The zero-order valence-corrected chi connectivity index (χ0v) is 16.3. The normalized spacial score (nSPS) is 13.0. The quantitative estimate of drug-likeness (QED) is 0.354. The zero-order chi connectivity index (χ0) is 21.3. The summed E-state index contributed by atoms with van der Waals surface area (Å²) in [6.07, 6.45) is 5.22. The Bertz CT molecular complexity index is 1290. The van der Waals surface area contributed by atoms with Gasteiger partial charge in [0, 0.05) is 0 Å². The molecule has 1 aliphatic rings. The van der Waals surface area contributed by atoms with Crippen LogP contribution >= 0.6 is 0 Å². The van der Waals surface area contributed by atoms with Crippen LogP contribution in [0.15, 0.2) is 57.7 Å². The fourth-order valence-corrected chi connectivity index (χ4v) is 4.00. The summed E-state index contributed by atoms with van der Waals surface area (Å²) in [5.74, 6) is -3.40. The van der Waals surface area contributed by atoms with Crippen molar-refractivity contribution in [2.75, 3.05) is 0 Å². The molecule has 0 bridgehead atoms. The Morgan fingerprint density at radius 1 is 0.767 bits per heavy atom. The first kappa shape index (κ1) is 19.8. The third-order valence-electron chi connectivity index (χ3n) is 5.52. The number of aryl methyl sites for hydroxylation is 2. The lowest BCUT2D eigenvalue weighted by molar-refractivity contribution is 0.219. The van der Waals surface area contributed by atoms with Crippen LogP contribution in [0.4, 0.5) is 0 Å². The van der Waals surface area contributed by atoms with Crippen molar-refractivity contribution >= 4 is 21.5 Å². The van der Waals surface area contributed by atoms with Gasteiger partial charge < -0.3 is 24.8 Å². The largest absolute Gasteiger partial charge is 0.502 e. The topological polar surface area (TPSA) is 111 Å². The van der Waals surface area contributed by atoms with Gasteiger partial charge >= 0.3 is 5.63 Å². The van der Waals surface area contributed by atoms with E-state index in [1.54, 1.807) is 11.1 Å². The number of aliphatic hydroxyl groups is 1. The minimum Gasteiger partial charge on any atom is -0.502 e. The molecule has 0 amide bonds. The van der Waals surface area contributed by atoms with Crippen molar-refractivity contribution in [1.82, 2.24) is 0 Å². The molecule has 3 aromatic carbocycles. The molecular weight excluding hydrogens is 384 g/mol. The van der Waals surface area contributed by atoms with Gasteiger partial charge in [-0.15, -0.1) is 0 Å². The van der Waals surface area contributed by atoms with Gasteiger partial charge in [-0.3, -0.25) is 0 Å². The molecule has 1 heterocycles. The van der Waals surface area contributed by atoms with Gasteiger partial charge in [0.2, 0.25) is 17.2 Å². The molecule has 6 nitrogen and oxygen atoms in total. The monoisotopic (exact) mass is 406 g/mol. The molecule has 0 saturated heterocycles. The van der Waals surface area contributed by atoms with E-state index in [9.17, 15) is 4.79 Å². The van der Waals surface area contributed by atoms with E-state index in [4.69, 9.17) is 20.4 Å². The summed E-state index contributed by atoms with van der Waals surface area (Å²) in [5.41, 5.74) is 1.96. The third-order valence-corrected chi connectivity index (χ3v) is 5.52. The summed E-state index contributed by atoms with van der Waals surface area (Å²) >= 11 is 0. The van der Waals surface area contributed by atoms with Gasteiger partial charge in [0.15, 0.2) is 5.76 Å². The van der Waals surface area contributed by atoms with E-state index in [1.165, 1.54) is 47.2 Å². The Balaban J connectivity index is 0.000000159. The number of hydrogen-bond donors (Lipinski definition) is 4. The maximum atomic E-state index is 10.6. The lowest BCUT2D eigenvalue weighted by Gasteiger charge is -2.18. The maximum Gasteiger partial charge on any atom is 0.382 e. The second kappa shape index (κ2) is 8.08. The average Bonchev–Trinajstić information content (AvgIpc) is 2.80. The molecule has 0 saturated carbocycles. The van der Waals surface area contributed by atoms with Crippen molar-refractivity contribution < 1.29 is 24.8 Å². The van der Waals surface area contributed by atoms with Gasteiger partial charge in [-0.2, -0.15) is 0 Å². The van der Waals surface area contributed by atoms with E-state index in [1.807, 2.05) is 0 Å². The summed E-state index contributed by atoms with van der Waals surface area (Å²) < 4.78 is 4.20. The van der Waals surface area contributed by atoms with E-state index in [0.717, 1.165) is 0 Å². The molecule has 5 rings (SSSR count). The summed E-state index contributed by atoms with van der Waals surface area (Å²) in [5, 5.41) is 40.6. The Hall–Kier alpha value is -3.51. The van der Waals surface area contributed by atoms with Crippen LogP contribution in [0.1, 0.15) is 29.7 Å². The maximum absolute atomic E-state index is 10.6. The first-order chi connectivity index (χ1) is 14.5. The van der Waals surface area contributed by atoms with Crippen LogP contribution in [0.25, 0.3) is 21.5 Å². The molecule has 6 heteroatoms. The molecule has 4 aromatic rings. The molecule has 4 N–H and O–H groups in total. The first-order valence-electron chi connectivity index (χ1n) is 9.81. The van der Waals surface area contributed by atoms with Crippen LogP contribution in [0, 0.1) is 0 Å². The summed E-state index contributed by atoms with van der Waals surface area (Å²) in [4.78, 5) is 10.6. The standard InChI is InChI=1S/C18H16.C6H6O6/c1-3-7-15-13(5-1)9-11-18-16-8-4-2-6-14(16)10-12-17(15)18;7-1-2-3(8)4(9)5(10)6(11)12-2/h1,3,5,7,9-12H,2,4,6,8H2;7-10H,1H2. The molecule has 154 valence electrons. The second-order valence-corrected chi connectivity index (χ2v) is 7.31. The van der Waals surface area contributed by atoms with Gasteiger partial charge in [-0.05, 0) is 58.4 Å². The minimum absolute atomic E-state index is 0.490. The van der Waals surface area contributed by atoms with Crippen molar-refractivity contribution in [2.24, 2.45) is 0 Å². The number of fused-ring (bicyclic) bond motifs is 5. The SMILES string of the molecule is O=c1oc(CO)c(O)c(O)c1O.c1ccc2c(c1)ccc1c3c(ccc12)CCCC3. The van der Waals surface area contributed by atoms with E-state index >= 15 is 0 Å². The number of aromatic hydroxyl groups is 3. The number of rotatable bonds is 1. The smallest absolute Gasteiger partial charge is 0.382 e. The lowest BCUT2D eigenvalue weighted by atomic mass is 9.86. The van der Waals surface area contributed by atoms with Crippen LogP contribution in [0.3, 0.4) is 0 Å². The number of hydrogen-bond acceptors (Lipinski definition) is 6. The van der Waals surface area contributed by atoms with E-state index < -0.39 is 35.2 Å². The van der Waals surface area contributed by atoms with Crippen LogP contribution in [-0.2, 0) is 19.4 Å². The van der Waals surface area contributed by atoms with Crippen molar-refractivity contribution in [1.29, 1.82) is 0 Å². The molecule has 0 aliphatic heterocycles. The summed E-state index contributed by atoms with van der Waals surface area (Å²) in [7, 11) is 0. The molecule has 0 radical (unpaired) electrons. The number of benzene rings is 3. The highest BCUT2D eigenvalue weighted by Gasteiger charge is 2.17. The predicted octanol–water partition coefficient (Wildman–Crippen LogP) is 4.12. The van der Waals surface area contributed by atoms with Crippen molar-refractivity contribution in [3.8, 4) is 17.2 Å². The summed E-state index contributed by atoms with van der Waals surface area (Å²) in [6, 6.07) is 18.0. The predicted molar refractivity (Wildman–Crippen MR) is 114 cm³/mol. The van der Waals surface area contributed by atoms with Crippen molar-refractivity contribution in [3.05, 3.63) is 75.8 Å². The average molecular weight is 406 g/mol. The first-order valence-corrected chi connectivity index (χ1v) is 9.81. The molecule has 0 atom stereocenters. The van der Waals surface area contributed by atoms with Crippen LogP contribution in [-0.4, -0.2) is 20.4 Å². The Morgan fingerprint density at radius 2 is 1.50 bits per heavy atom.